The van der Waals surface area contributed by atoms with Crippen LogP contribution in [0.15, 0.2) is 48.5 Å². The summed E-state index contributed by atoms with van der Waals surface area (Å²) in [5.41, 5.74) is 5.08. The summed E-state index contributed by atoms with van der Waals surface area (Å²) in [6, 6.07) is 17.2. The molecule has 2 nitrogen and oxygen atoms in total. The Kier molecular flexibility index (Phi) is 4.03. The molecule has 1 N–H and O–H groups in total. The Morgan fingerprint density at radius 3 is 1.65 bits per heavy atom. The highest BCUT2D eigenvalue weighted by atomic mass is 15.1. The van der Waals surface area contributed by atoms with Gasteiger partial charge in [-0.1, -0.05) is 32.9 Å². The van der Waals surface area contributed by atoms with Crippen LogP contribution in [-0.4, -0.2) is 14.1 Å². The Balaban J connectivity index is 2.22. The number of benzene rings is 2. The highest BCUT2D eigenvalue weighted by Crippen LogP contribution is 2.28. The van der Waals surface area contributed by atoms with Gasteiger partial charge < -0.3 is 10.2 Å². The second-order valence-electron chi connectivity index (χ2n) is 6.15. The topological polar surface area (TPSA) is 15.3 Å². The Morgan fingerprint density at radius 2 is 1.25 bits per heavy atom. The van der Waals surface area contributed by atoms with Gasteiger partial charge in [0.05, 0.1) is 0 Å². The average molecular weight is 268 g/mol. The van der Waals surface area contributed by atoms with Crippen molar-refractivity contribution in [3.63, 3.8) is 0 Å². The summed E-state index contributed by atoms with van der Waals surface area (Å²) in [7, 11) is 4.03. The summed E-state index contributed by atoms with van der Waals surface area (Å²) in [5.74, 6) is 0. The van der Waals surface area contributed by atoms with Crippen molar-refractivity contribution in [2.45, 2.75) is 26.2 Å². The second-order valence-corrected chi connectivity index (χ2v) is 6.15. The number of hydrogen-bond acceptors (Lipinski definition) is 2. The highest BCUT2D eigenvalue weighted by molar-refractivity contribution is 5.65. The van der Waals surface area contributed by atoms with E-state index < -0.39 is 0 Å². The molecule has 2 aromatic carbocycles. The zero-order chi connectivity index (χ0) is 14.8. The van der Waals surface area contributed by atoms with E-state index in [0.717, 1.165) is 5.69 Å². The van der Waals surface area contributed by atoms with E-state index in [9.17, 15) is 0 Å². The third kappa shape index (κ3) is 3.13. The number of anilines is 3. The van der Waals surface area contributed by atoms with Gasteiger partial charge in [0.1, 0.15) is 0 Å². The maximum atomic E-state index is 3.14. The number of rotatable bonds is 3. The van der Waals surface area contributed by atoms with Crippen LogP contribution in [0.4, 0.5) is 17.1 Å². The molecule has 2 aromatic rings. The average Bonchev–Trinajstić information content (AvgIpc) is 2.46. The zero-order valence-electron chi connectivity index (χ0n) is 13.1. The van der Waals surface area contributed by atoms with Gasteiger partial charge in [-0.3, -0.25) is 0 Å². The lowest BCUT2D eigenvalue weighted by Gasteiger charge is -2.23. The molecule has 0 saturated heterocycles. The molecule has 0 heterocycles. The minimum atomic E-state index is 0.200. The fraction of sp³-hybridized carbons (Fsp3) is 0.333. The van der Waals surface area contributed by atoms with Crippen molar-refractivity contribution in [2.75, 3.05) is 24.3 Å². The molecule has 0 fully saturated rings. The van der Waals surface area contributed by atoms with E-state index in [2.05, 4.69) is 86.6 Å². The SMILES string of the molecule is CNc1ccc(N(C)c2ccc(C(C)(C)C)cc2)cc1. The minimum absolute atomic E-state index is 0.200. The van der Waals surface area contributed by atoms with Crippen LogP contribution in [-0.2, 0) is 5.41 Å². The van der Waals surface area contributed by atoms with Crippen molar-refractivity contribution in [1.82, 2.24) is 0 Å². The Morgan fingerprint density at radius 1 is 0.800 bits per heavy atom. The van der Waals surface area contributed by atoms with Crippen molar-refractivity contribution < 1.29 is 0 Å². The molecule has 0 unspecified atom stereocenters. The maximum absolute atomic E-state index is 3.14. The van der Waals surface area contributed by atoms with Crippen LogP contribution >= 0.6 is 0 Å². The van der Waals surface area contributed by atoms with E-state index in [1.165, 1.54) is 16.9 Å². The first-order chi connectivity index (χ1) is 9.41. The van der Waals surface area contributed by atoms with Crippen LogP contribution in [0.3, 0.4) is 0 Å². The van der Waals surface area contributed by atoms with Crippen molar-refractivity contribution in [1.29, 1.82) is 0 Å². The van der Waals surface area contributed by atoms with Crippen LogP contribution in [0.1, 0.15) is 26.3 Å². The Labute approximate surface area is 122 Å². The van der Waals surface area contributed by atoms with Crippen LogP contribution in [0.25, 0.3) is 0 Å². The lowest BCUT2D eigenvalue weighted by atomic mass is 9.87. The van der Waals surface area contributed by atoms with Gasteiger partial charge >= 0.3 is 0 Å². The first kappa shape index (κ1) is 14.4. The van der Waals surface area contributed by atoms with Gasteiger partial charge in [0.15, 0.2) is 0 Å². The monoisotopic (exact) mass is 268 g/mol. The molecule has 2 rings (SSSR count). The summed E-state index contributed by atoms with van der Waals surface area (Å²) < 4.78 is 0. The molecule has 0 aromatic heterocycles. The van der Waals surface area contributed by atoms with E-state index in [1.54, 1.807) is 0 Å². The molecule has 0 spiro atoms. The van der Waals surface area contributed by atoms with Gasteiger partial charge in [0.25, 0.3) is 0 Å². The molecule has 0 aliphatic carbocycles. The standard InChI is InChI=1S/C18H24N2/c1-18(2,3)14-6-10-16(11-7-14)20(5)17-12-8-15(19-4)9-13-17/h6-13,19H,1-5H3. The smallest absolute Gasteiger partial charge is 0.0409 e. The molecule has 20 heavy (non-hydrogen) atoms. The summed E-state index contributed by atoms with van der Waals surface area (Å²) in [4.78, 5) is 2.20. The molecular weight excluding hydrogens is 244 g/mol. The maximum Gasteiger partial charge on any atom is 0.0409 e. The molecular formula is C18H24N2. The first-order valence-corrected chi connectivity index (χ1v) is 7.04. The second kappa shape index (κ2) is 5.58. The number of nitrogens with one attached hydrogen (secondary N) is 1. The lowest BCUT2D eigenvalue weighted by Crippen LogP contribution is -2.13. The first-order valence-electron chi connectivity index (χ1n) is 7.04. The Bertz CT molecular complexity index is 547. The fourth-order valence-electron chi connectivity index (χ4n) is 2.19. The van der Waals surface area contributed by atoms with Crippen LogP contribution in [0, 0.1) is 0 Å². The lowest BCUT2D eigenvalue weighted by molar-refractivity contribution is 0.590. The van der Waals surface area contributed by atoms with Gasteiger partial charge in [-0.25, -0.2) is 0 Å². The van der Waals surface area contributed by atoms with E-state index in [0.29, 0.717) is 0 Å². The number of hydrogen-bond donors (Lipinski definition) is 1. The highest BCUT2D eigenvalue weighted by Gasteiger charge is 2.13. The molecule has 0 aliphatic rings. The molecule has 0 aliphatic heterocycles. The molecule has 106 valence electrons. The van der Waals surface area contributed by atoms with Crippen LogP contribution < -0.4 is 10.2 Å². The minimum Gasteiger partial charge on any atom is -0.388 e. The van der Waals surface area contributed by atoms with Gasteiger partial charge in [0, 0.05) is 31.2 Å². The molecule has 0 radical (unpaired) electrons. The molecule has 0 saturated carbocycles. The largest absolute Gasteiger partial charge is 0.388 e. The molecule has 0 bridgehead atoms. The molecule has 2 heteroatoms. The normalized spacial score (nSPS) is 11.2. The fourth-order valence-corrected chi connectivity index (χ4v) is 2.19. The zero-order valence-corrected chi connectivity index (χ0v) is 13.1. The van der Waals surface area contributed by atoms with Crippen molar-refractivity contribution >= 4 is 17.1 Å². The summed E-state index contributed by atoms with van der Waals surface area (Å²) in [5, 5.41) is 3.14. The quantitative estimate of drug-likeness (QED) is 0.860. The van der Waals surface area contributed by atoms with E-state index >= 15 is 0 Å². The van der Waals surface area contributed by atoms with Crippen molar-refractivity contribution in [3.8, 4) is 0 Å². The summed E-state index contributed by atoms with van der Waals surface area (Å²) in [6.07, 6.45) is 0. The van der Waals surface area contributed by atoms with E-state index in [4.69, 9.17) is 0 Å². The van der Waals surface area contributed by atoms with Crippen LogP contribution in [0.5, 0.6) is 0 Å². The molecule has 0 amide bonds. The van der Waals surface area contributed by atoms with Crippen LogP contribution in [0.2, 0.25) is 0 Å². The van der Waals surface area contributed by atoms with Gasteiger partial charge in [-0.15, -0.1) is 0 Å². The van der Waals surface area contributed by atoms with E-state index in [-0.39, 0.29) is 5.41 Å². The van der Waals surface area contributed by atoms with Gasteiger partial charge in [0.2, 0.25) is 0 Å². The van der Waals surface area contributed by atoms with Gasteiger partial charge in [-0.05, 0) is 47.4 Å². The third-order valence-electron chi connectivity index (χ3n) is 3.66. The predicted octanol–water partition coefficient (Wildman–Crippen LogP) is 4.79. The predicted molar refractivity (Wildman–Crippen MR) is 89.2 cm³/mol. The van der Waals surface area contributed by atoms with E-state index in [1.807, 2.05) is 7.05 Å². The van der Waals surface area contributed by atoms with Crippen molar-refractivity contribution in [2.24, 2.45) is 0 Å². The summed E-state index contributed by atoms with van der Waals surface area (Å²) >= 11 is 0. The van der Waals surface area contributed by atoms with Crippen molar-refractivity contribution in [3.05, 3.63) is 54.1 Å². The third-order valence-corrected chi connectivity index (χ3v) is 3.66. The number of nitrogens with zero attached hydrogens (tertiary/aromatic N) is 1. The Hall–Kier alpha value is -1.96. The molecule has 0 atom stereocenters. The summed E-state index contributed by atoms with van der Waals surface area (Å²) in [6.45, 7) is 6.71. The van der Waals surface area contributed by atoms with Gasteiger partial charge in [-0.2, -0.15) is 0 Å².